The van der Waals surface area contributed by atoms with Gasteiger partial charge in [-0.1, -0.05) is 6.07 Å². The first-order valence-corrected chi connectivity index (χ1v) is 5.01. The predicted molar refractivity (Wildman–Crippen MR) is 61.1 cm³/mol. The lowest BCUT2D eigenvalue weighted by Gasteiger charge is -2.16. The number of nitrogens with one attached hydrogen (secondary N) is 1. The summed E-state index contributed by atoms with van der Waals surface area (Å²) in [5.41, 5.74) is 7.67. The molecule has 1 N–H and O–H groups in total. The van der Waals surface area contributed by atoms with Crippen LogP contribution in [0.5, 0.6) is 5.75 Å². The average molecular weight is 209 g/mol. The van der Waals surface area contributed by atoms with Gasteiger partial charge >= 0.3 is 0 Å². The highest BCUT2D eigenvalue weighted by molar-refractivity contribution is 5.49. The van der Waals surface area contributed by atoms with Gasteiger partial charge in [-0.2, -0.15) is 5.48 Å². The summed E-state index contributed by atoms with van der Waals surface area (Å²) in [6.07, 6.45) is 0. The van der Waals surface area contributed by atoms with Gasteiger partial charge in [0.05, 0.1) is 14.2 Å². The molecule has 0 saturated carbocycles. The molecular formula is C12H19NO2. The second kappa shape index (κ2) is 5.14. The molecule has 0 spiro atoms. The molecule has 0 radical (unpaired) electrons. The van der Waals surface area contributed by atoms with Crippen molar-refractivity contribution >= 4 is 0 Å². The predicted octanol–water partition coefficient (Wildman–Crippen LogP) is 2.27. The minimum absolute atomic E-state index is 0.659. The van der Waals surface area contributed by atoms with Gasteiger partial charge in [-0.3, -0.25) is 0 Å². The van der Waals surface area contributed by atoms with Crippen molar-refractivity contribution in [1.29, 1.82) is 0 Å². The van der Waals surface area contributed by atoms with Crippen LogP contribution >= 0.6 is 0 Å². The van der Waals surface area contributed by atoms with Gasteiger partial charge in [-0.05, 0) is 37.5 Å². The van der Waals surface area contributed by atoms with E-state index in [2.05, 4.69) is 32.3 Å². The summed E-state index contributed by atoms with van der Waals surface area (Å²) in [4.78, 5) is 4.86. The molecule has 0 amide bonds. The summed E-state index contributed by atoms with van der Waals surface area (Å²) < 4.78 is 5.44. The molecule has 1 aromatic rings. The van der Waals surface area contributed by atoms with Crippen LogP contribution < -0.4 is 10.2 Å². The summed E-state index contributed by atoms with van der Waals surface area (Å²) >= 11 is 0. The highest BCUT2D eigenvalue weighted by Gasteiger charge is 2.11. The van der Waals surface area contributed by atoms with Gasteiger partial charge in [-0.25, -0.2) is 0 Å². The number of aryl methyl sites for hydroxylation is 2. The van der Waals surface area contributed by atoms with Gasteiger partial charge in [0.2, 0.25) is 0 Å². The summed E-state index contributed by atoms with van der Waals surface area (Å²) in [6, 6.07) is 2.17. The number of ether oxygens (including phenoxy) is 1. The molecule has 0 atom stereocenters. The zero-order valence-corrected chi connectivity index (χ0v) is 10.1. The smallest absolute Gasteiger partial charge is 0.126 e. The molecule has 3 nitrogen and oxygen atoms in total. The highest BCUT2D eigenvalue weighted by Crippen LogP contribution is 2.29. The Hall–Kier alpha value is -1.06. The molecule has 0 aromatic heterocycles. The van der Waals surface area contributed by atoms with Crippen LogP contribution in [0.25, 0.3) is 0 Å². The van der Waals surface area contributed by atoms with Crippen molar-refractivity contribution in [3.63, 3.8) is 0 Å². The van der Waals surface area contributed by atoms with Gasteiger partial charge in [-0.15, -0.1) is 0 Å². The van der Waals surface area contributed by atoms with E-state index in [1.807, 2.05) is 0 Å². The van der Waals surface area contributed by atoms with E-state index in [9.17, 15) is 0 Å². The fourth-order valence-electron chi connectivity index (χ4n) is 1.74. The number of hydrogen-bond acceptors (Lipinski definition) is 3. The van der Waals surface area contributed by atoms with E-state index in [1.54, 1.807) is 14.2 Å². The number of methoxy groups -OCH3 is 1. The minimum atomic E-state index is 0.659. The van der Waals surface area contributed by atoms with Gasteiger partial charge in [0.1, 0.15) is 5.75 Å². The molecule has 0 fully saturated rings. The first kappa shape index (κ1) is 12.0. The number of hydroxylamine groups is 1. The van der Waals surface area contributed by atoms with E-state index in [4.69, 9.17) is 9.57 Å². The van der Waals surface area contributed by atoms with Gasteiger partial charge in [0, 0.05) is 12.1 Å². The van der Waals surface area contributed by atoms with Gasteiger partial charge < -0.3 is 9.57 Å². The molecule has 0 aliphatic carbocycles. The molecule has 0 aliphatic heterocycles. The lowest BCUT2D eigenvalue weighted by Crippen LogP contribution is -2.13. The molecule has 3 heteroatoms. The third-order valence-corrected chi connectivity index (χ3v) is 2.71. The average Bonchev–Trinajstić information content (AvgIpc) is 2.21. The zero-order valence-electron chi connectivity index (χ0n) is 10.1. The second-order valence-electron chi connectivity index (χ2n) is 3.67. The van der Waals surface area contributed by atoms with E-state index in [0.717, 1.165) is 11.3 Å². The fourth-order valence-corrected chi connectivity index (χ4v) is 1.74. The van der Waals surface area contributed by atoms with E-state index < -0.39 is 0 Å². The van der Waals surface area contributed by atoms with Crippen LogP contribution in [0.2, 0.25) is 0 Å². The molecule has 0 saturated heterocycles. The van der Waals surface area contributed by atoms with E-state index in [-0.39, 0.29) is 0 Å². The normalized spacial score (nSPS) is 10.5. The van der Waals surface area contributed by atoms with Crippen molar-refractivity contribution in [3.05, 3.63) is 28.3 Å². The third kappa shape index (κ3) is 2.49. The largest absolute Gasteiger partial charge is 0.496 e. The van der Waals surface area contributed by atoms with E-state index in [1.165, 1.54) is 16.7 Å². The van der Waals surface area contributed by atoms with Crippen LogP contribution in [-0.2, 0) is 11.4 Å². The van der Waals surface area contributed by atoms with Gasteiger partial charge in [0.25, 0.3) is 0 Å². The van der Waals surface area contributed by atoms with Crippen molar-refractivity contribution in [1.82, 2.24) is 5.48 Å². The van der Waals surface area contributed by atoms with Crippen molar-refractivity contribution in [2.45, 2.75) is 27.3 Å². The van der Waals surface area contributed by atoms with Crippen LogP contribution in [0.15, 0.2) is 6.07 Å². The molecule has 0 aliphatic rings. The lowest BCUT2D eigenvalue weighted by molar-refractivity contribution is 0.0859. The van der Waals surface area contributed by atoms with Crippen molar-refractivity contribution < 1.29 is 9.57 Å². The van der Waals surface area contributed by atoms with Crippen LogP contribution in [-0.4, -0.2) is 14.2 Å². The Bertz CT molecular complexity index is 348. The molecule has 0 bridgehead atoms. The Kier molecular flexibility index (Phi) is 4.12. The Balaban J connectivity index is 3.16. The highest BCUT2D eigenvalue weighted by atomic mass is 16.6. The summed E-state index contributed by atoms with van der Waals surface area (Å²) in [7, 11) is 3.32. The maximum Gasteiger partial charge on any atom is 0.126 e. The van der Waals surface area contributed by atoms with Crippen molar-refractivity contribution in [2.24, 2.45) is 0 Å². The maximum absolute atomic E-state index is 5.44. The fraction of sp³-hybridized carbons (Fsp3) is 0.500. The minimum Gasteiger partial charge on any atom is -0.496 e. The van der Waals surface area contributed by atoms with E-state index >= 15 is 0 Å². The molecule has 0 heterocycles. The Morgan fingerprint density at radius 1 is 1.13 bits per heavy atom. The number of rotatable bonds is 4. The summed E-state index contributed by atoms with van der Waals surface area (Å²) in [5.74, 6) is 0.956. The molecule has 1 rings (SSSR count). The molecule has 1 aromatic carbocycles. The van der Waals surface area contributed by atoms with Crippen LogP contribution in [0.4, 0.5) is 0 Å². The Morgan fingerprint density at radius 3 is 2.33 bits per heavy atom. The van der Waals surface area contributed by atoms with Crippen molar-refractivity contribution in [2.75, 3.05) is 14.2 Å². The van der Waals surface area contributed by atoms with Crippen LogP contribution in [0, 0.1) is 20.8 Å². The van der Waals surface area contributed by atoms with Crippen LogP contribution in [0.3, 0.4) is 0 Å². The molecule has 0 unspecified atom stereocenters. The van der Waals surface area contributed by atoms with Crippen LogP contribution in [0.1, 0.15) is 22.3 Å². The summed E-state index contributed by atoms with van der Waals surface area (Å²) in [5, 5.41) is 0. The first-order valence-electron chi connectivity index (χ1n) is 5.01. The first-order chi connectivity index (χ1) is 7.11. The molecule has 15 heavy (non-hydrogen) atoms. The number of benzene rings is 1. The van der Waals surface area contributed by atoms with Crippen molar-refractivity contribution in [3.8, 4) is 5.75 Å². The Morgan fingerprint density at radius 2 is 1.80 bits per heavy atom. The quantitative estimate of drug-likeness (QED) is 0.772. The maximum atomic E-state index is 5.44. The summed E-state index contributed by atoms with van der Waals surface area (Å²) in [6.45, 7) is 6.91. The SMILES string of the molecule is CONCc1c(C)cc(C)c(C)c1OC. The third-order valence-electron chi connectivity index (χ3n) is 2.71. The number of hydrogen-bond donors (Lipinski definition) is 1. The second-order valence-corrected chi connectivity index (χ2v) is 3.67. The topological polar surface area (TPSA) is 30.5 Å². The Labute approximate surface area is 91.4 Å². The standard InChI is InChI=1S/C12H19NO2/c1-8-6-9(2)11(7-13-15-5)12(14-4)10(8)3/h6,13H,7H2,1-5H3. The zero-order chi connectivity index (χ0) is 11.4. The monoisotopic (exact) mass is 209 g/mol. The molecular weight excluding hydrogens is 190 g/mol. The van der Waals surface area contributed by atoms with E-state index in [0.29, 0.717) is 6.54 Å². The molecule has 84 valence electrons. The lowest BCUT2D eigenvalue weighted by atomic mass is 9.99. The van der Waals surface area contributed by atoms with Gasteiger partial charge in [0.15, 0.2) is 0 Å².